The molecule has 0 aromatic heterocycles. The molecule has 0 atom stereocenters. The fourth-order valence-corrected chi connectivity index (χ4v) is 2.20. The Morgan fingerprint density at radius 2 is 1.71 bits per heavy atom. The van der Waals surface area contributed by atoms with Gasteiger partial charge in [0.2, 0.25) is 5.91 Å². The van der Waals surface area contributed by atoms with Crippen molar-refractivity contribution < 1.29 is 9.53 Å². The third-order valence-corrected chi connectivity index (χ3v) is 4.15. The van der Waals surface area contributed by atoms with Gasteiger partial charge in [0.25, 0.3) is 0 Å². The number of anilines is 1. The number of halogens is 2. The lowest BCUT2D eigenvalue weighted by Crippen LogP contribution is -2.41. The Morgan fingerprint density at radius 3 is 2.12 bits per heavy atom. The smallest absolute Gasteiger partial charge is 0.231 e. The first-order valence-electron chi connectivity index (χ1n) is 7.86. The summed E-state index contributed by atoms with van der Waals surface area (Å²) in [4.78, 5) is 14.5. The summed E-state index contributed by atoms with van der Waals surface area (Å²) < 4.78 is 5.63. The average Bonchev–Trinajstić information content (AvgIpc) is 2.51. The number of nitrogens with zero attached hydrogens (tertiary/aromatic N) is 1. The van der Waals surface area contributed by atoms with Gasteiger partial charge in [-0.2, -0.15) is 0 Å². The molecular formula is C17H31Cl2N3O2. The predicted octanol–water partition coefficient (Wildman–Crippen LogP) is 3.17. The van der Waals surface area contributed by atoms with Gasteiger partial charge in [-0.3, -0.25) is 4.79 Å². The number of benzene rings is 1. The Balaban J connectivity index is 0. The third kappa shape index (κ3) is 7.26. The maximum Gasteiger partial charge on any atom is 0.231 e. The van der Waals surface area contributed by atoms with Crippen LogP contribution < -0.4 is 15.8 Å². The van der Waals surface area contributed by atoms with Crippen molar-refractivity contribution in [3.63, 3.8) is 0 Å². The van der Waals surface area contributed by atoms with Gasteiger partial charge in [0.1, 0.15) is 12.4 Å². The van der Waals surface area contributed by atoms with Crippen LogP contribution in [0.1, 0.15) is 26.7 Å². The minimum absolute atomic E-state index is 0. The zero-order chi connectivity index (χ0) is 16.6. The van der Waals surface area contributed by atoms with Gasteiger partial charge in [0.15, 0.2) is 0 Å². The van der Waals surface area contributed by atoms with Gasteiger partial charge in [0.05, 0.1) is 5.41 Å². The number of ether oxygens (including phenoxy) is 1. The van der Waals surface area contributed by atoms with Gasteiger partial charge in [-0.15, -0.1) is 24.8 Å². The number of carbonyl (C=O) groups excluding carboxylic acids is 1. The Hall–Kier alpha value is -1.01. The van der Waals surface area contributed by atoms with Gasteiger partial charge in [-0.25, -0.2) is 0 Å². The summed E-state index contributed by atoms with van der Waals surface area (Å²) in [6.45, 7) is 5.86. The van der Waals surface area contributed by atoms with Crippen LogP contribution in [0.25, 0.3) is 0 Å². The van der Waals surface area contributed by atoms with Crippen molar-refractivity contribution in [2.45, 2.75) is 26.7 Å². The van der Waals surface area contributed by atoms with Crippen molar-refractivity contribution in [2.75, 3.05) is 39.1 Å². The van der Waals surface area contributed by atoms with Gasteiger partial charge < -0.3 is 20.7 Å². The number of hydrogen-bond donors (Lipinski definition) is 2. The lowest BCUT2D eigenvalue weighted by Gasteiger charge is -2.28. The number of amides is 1. The average molecular weight is 380 g/mol. The number of nitrogens with one attached hydrogen (secondary N) is 1. The number of hydrogen-bond acceptors (Lipinski definition) is 4. The number of nitrogens with two attached hydrogens (primary N) is 1. The molecule has 0 heterocycles. The van der Waals surface area contributed by atoms with Crippen LogP contribution in [0.15, 0.2) is 24.3 Å². The highest BCUT2D eigenvalue weighted by atomic mass is 35.5. The van der Waals surface area contributed by atoms with E-state index in [0.29, 0.717) is 13.2 Å². The first kappa shape index (κ1) is 25.2. The summed E-state index contributed by atoms with van der Waals surface area (Å²) >= 11 is 0. The van der Waals surface area contributed by atoms with E-state index in [0.717, 1.165) is 30.8 Å². The molecule has 0 unspecified atom stereocenters. The number of carbonyl (C=O) groups is 1. The Bertz CT molecular complexity index is 455. The van der Waals surface area contributed by atoms with E-state index in [2.05, 4.69) is 10.2 Å². The summed E-state index contributed by atoms with van der Waals surface area (Å²) in [5.41, 5.74) is 6.08. The largest absolute Gasteiger partial charge is 0.492 e. The zero-order valence-corrected chi connectivity index (χ0v) is 16.6. The highest BCUT2D eigenvalue weighted by Gasteiger charge is 2.33. The predicted molar refractivity (Wildman–Crippen MR) is 106 cm³/mol. The number of likely N-dealkylation sites (N-methyl/N-ethyl adjacent to an activating group) is 1. The minimum atomic E-state index is -0.485. The van der Waals surface area contributed by atoms with Crippen LogP contribution in [0, 0.1) is 5.41 Å². The van der Waals surface area contributed by atoms with E-state index >= 15 is 0 Å². The van der Waals surface area contributed by atoms with E-state index in [1.807, 2.05) is 52.2 Å². The second-order valence-electron chi connectivity index (χ2n) is 5.82. The van der Waals surface area contributed by atoms with E-state index in [1.165, 1.54) is 0 Å². The monoisotopic (exact) mass is 379 g/mol. The van der Waals surface area contributed by atoms with Gasteiger partial charge >= 0.3 is 0 Å². The molecule has 1 amide bonds. The second-order valence-corrected chi connectivity index (χ2v) is 5.82. The SMILES string of the molecule is CCC(CC)(CN)C(=O)Nc1ccc(OCCN(C)C)cc1.Cl.Cl. The molecule has 0 fully saturated rings. The molecule has 0 saturated heterocycles. The lowest BCUT2D eigenvalue weighted by atomic mass is 9.81. The molecule has 24 heavy (non-hydrogen) atoms. The minimum Gasteiger partial charge on any atom is -0.492 e. The van der Waals surface area contributed by atoms with E-state index in [9.17, 15) is 4.79 Å². The molecule has 0 saturated carbocycles. The topological polar surface area (TPSA) is 67.6 Å². The van der Waals surface area contributed by atoms with Gasteiger partial charge in [0, 0.05) is 18.8 Å². The molecule has 1 rings (SSSR count). The molecule has 0 radical (unpaired) electrons. The van der Waals surface area contributed by atoms with E-state index in [1.54, 1.807) is 0 Å². The lowest BCUT2D eigenvalue weighted by molar-refractivity contribution is -0.125. The summed E-state index contributed by atoms with van der Waals surface area (Å²) in [7, 11) is 4.01. The fourth-order valence-electron chi connectivity index (χ4n) is 2.20. The van der Waals surface area contributed by atoms with Gasteiger partial charge in [-0.05, 0) is 51.2 Å². The summed E-state index contributed by atoms with van der Waals surface area (Å²) in [6.07, 6.45) is 1.47. The molecule has 140 valence electrons. The molecule has 1 aromatic carbocycles. The molecule has 7 heteroatoms. The van der Waals surface area contributed by atoms with Crippen LogP contribution in [-0.4, -0.2) is 44.6 Å². The highest BCUT2D eigenvalue weighted by Crippen LogP contribution is 2.27. The molecule has 0 aliphatic carbocycles. The first-order chi connectivity index (χ1) is 10.5. The standard InChI is InChI=1S/C17H29N3O2.2ClH/c1-5-17(6-2,13-18)16(21)19-14-7-9-15(10-8-14)22-12-11-20(3)4;;/h7-10H,5-6,11-13,18H2,1-4H3,(H,19,21);2*1H. The molecule has 5 nitrogen and oxygen atoms in total. The second kappa shape index (κ2) is 12.4. The fraction of sp³-hybridized carbons (Fsp3) is 0.588. The quantitative estimate of drug-likeness (QED) is 0.691. The molecule has 0 aliphatic heterocycles. The van der Waals surface area contributed by atoms with Crippen LogP contribution in [-0.2, 0) is 4.79 Å². The summed E-state index contributed by atoms with van der Waals surface area (Å²) in [6, 6.07) is 7.45. The van der Waals surface area contributed by atoms with Crippen LogP contribution >= 0.6 is 24.8 Å². The van der Waals surface area contributed by atoms with E-state index in [-0.39, 0.29) is 30.7 Å². The molecule has 0 bridgehead atoms. The molecule has 0 spiro atoms. The maximum absolute atomic E-state index is 12.4. The molecule has 0 aliphatic rings. The van der Waals surface area contributed by atoms with Crippen molar-refractivity contribution in [3.05, 3.63) is 24.3 Å². The first-order valence-corrected chi connectivity index (χ1v) is 7.86. The van der Waals surface area contributed by atoms with E-state index in [4.69, 9.17) is 10.5 Å². The van der Waals surface area contributed by atoms with Crippen molar-refractivity contribution in [3.8, 4) is 5.75 Å². The Kier molecular flexibility index (Phi) is 13.0. The Morgan fingerprint density at radius 1 is 1.17 bits per heavy atom. The van der Waals surface area contributed by atoms with Crippen molar-refractivity contribution in [2.24, 2.45) is 11.1 Å². The van der Waals surface area contributed by atoms with E-state index < -0.39 is 5.41 Å². The van der Waals surface area contributed by atoms with Crippen molar-refractivity contribution in [1.82, 2.24) is 4.90 Å². The summed E-state index contributed by atoms with van der Waals surface area (Å²) in [5.74, 6) is 0.789. The summed E-state index contributed by atoms with van der Waals surface area (Å²) in [5, 5.41) is 2.95. The normalized spacial score (nSPS) is 10.6. The zero-order valence-electron chi connectivity index (χ0n) is 15.0. The van der Waals surface area contributed by atoms with Crippen LogP contribution in [0.5, 0.6) is 5.75 Å². The van der Waals surface area contributed by atoms with Crippen LogP contribution in [0.2, 0.25) is 0 Å². The van der Waals surface area contributed by atoms with Crippen molar-refractivity contribution >= 4 is 36.4 Å². The molecular weight excluding hydrogens is 349 g/mol. The Labute approximate surface area is 158 Å². The van der Waals surface area contributed by atoms with Crippen LogP contribution in [0.3, 0.4) is 0 Å². The molecule has 3 N–H and O–H groups in total. The van der Waals surface area contributed by atoms with Crippen LogP contribution in [0.4, 0.5) is 5.69 Å². The number of rotatable bonds is 9. The maximum atomic E-state index is 12.4. The highest BCUT2D eigenvalue weighted by molar-refractivity contribution is 5.95. The third-order valence-electron chi connectivity index (χ3n) is 4.15. The molecule has 1 aromatic rings. The van der Waals surface area contributed by atoms with Gasteiger partial charge in [-0.1, -0.05) is 13.8 Å². The van der Waals surface area contributed by atoms with Crippen molar-refractivity contribution in [1.29, 1.82) is 0 Å².